The van der Waals surface area contributed by atoms with Gasteiger partial charge in [-0.2, -0.15) is 13.1 Å². The molecule has 0 heterocycles. The molecule has 0 aliphatic carbocycles. The number of anilines is 1. The van der Waals surface area contributed by atoms with Gasteiger partial charge in [0.05, 0.1) is 0 Å². The van der Waals surface area contributed by atoms with Gasteiger partial charge in [-0.1, -0.05) is 0 Å². The molecule has 2 N–H and O–H groups in total. The maximum atomic E-state index is 11.7. The third-order valence-corrected chi connectivity index (χ3v) is 3.64. The molecule has 0 spiro atoms. The Morgan fingerprint density at radius 3 is 2.06 bits per heavy atom. The zero-order valence-corrected chi connectivity index (χ0v) is 12.4. The third-order valence-electron chi connectivity index (χ3n) is 1.54. The summed E-state index contributed by atoms with van der Waals surface area (Å²) in [5.74, 6) is 0. The highest BCUT2D eigenvalue weighted by Crippen LogP contribution is 2.13. The van der Waals surface area contributed by atoms with E-state index in [2.05, 4.69) is 32.0 Å². The second-order valence-electron chi connectivity index (χ2n) is 4.46. The summed E-state index contributed by atoms with van der Waals surface area (Å²) >= 11 is 2.16. The molecule has 6 heteroatoms. The van der Waals surface area contributed by atoms with Crippen LogP contribution in [0.5, 0.6) is 0 Å². The van der Waals surface area contributed by atoms with Crippen molar-refractivity contribution in [2.75, 3.05) is 4.72 Å². The first-order valence-electron chi connectivity index (χ1n) is 4.75. The first-order valence-corrected chi connectivity index (χ1v) is 7.31. The van der Waals surface area contributed by atoms with Crippen molar-refractivity contribution in [2.45, 2.75) is 26.3 Å². The van der Waals surface area contributed by atoms with Crippen molar-refractivity contribution in [3.05, 3.63) is 27.8 Å². The van der Waals surface area contributed by atoms with E-state index in [1.807, 2.05) is 12.1 Å². The quantitative estimate of drug-likeness (QED) is 0.819. The van der Waals surface area contributed by atoms with Gasteiger partial charge >= 0.3 is 0 Å². The van der Waals surface area contributed by atoms with E-state index in [0.29, 0.717) is 5.69 Å². The Balaban J connectivity index is 2.77. The first-order chi connectivity index (χ1) is 7.18. The van der Waals surface area contributed by atoms with Crippen LogP contribution in [0, 0.1) is 3.57 Å². The van der Waals surface area contributed by atoms with Gasteiger partial charge in [-0.25, -0.2) is 0 Å². The van der Waals surface area contributed by atoms with Crippen molar-refractivity contribution in [2.24, 2.45) is 0 Å². The van der Waals surface area contributed by atoms with Gasteiger partial charge < -0.3 is 0 Å². The molecule has 4 nitrogen and oxygen atoms in total. The average Bonchev–Trinajstić information content (AvgIpc) is 2.04. The molecule has 0 saturated carbocycles. The fourth-order valence-electron chi connectivity index (χ4n) is 1.10. The molecule has 0 fully saturated rings. The largest absolute Gasteiger partial charge is 0.299 e. The lowest BCUT2D eigenvalue weighted by atomic mass is 10.1. The van der Waals surface area contributed by atoms with Gasteiger partial charge in [-0.05, 0) is 67.6 Å². The highest BCUT2D eigenvalue weighted by Gasteiger charge is 2.19. The van der Waals surface area contributed by atoms with E-state index >= 15 is 0 Å². The molecule has 0 radical (unpaired) electrons. The van der Waals surface area contributed by atoms with E-state index in [0.717, 1.165) is 3.57 Å². The number of rotatable bonds is 3. The van der Waals surface area contributed by atoms with Crippen molar-refractivity contribution < 1.29 is 8.42 Å². The second-order valence-corrected chi connectivity index (χ2v) is 7.13. The second kappa shape index (κ2) is 4.89. The average molecular weight is 354 g/mol. The summed E-state index contributed by atoms with van der Waals surface area (Å²) in [6, 6.07) is 7.14. The number of nitrogens with one attached hydrogen (secondary N) is 2. The predicted octanol–water partition coefficient (Wildman–Crippen LogP) is 2.34. The fraction of sp³-hybridized carbons (Fsp3) is 0.400. The van der Waals surface area contributed by atoms with E-state index in [9.17, 15) is 8.42 Å². The van der Waals surface area contributed by atoms with Crippen molar-refractivity contribution in [1.29, 1.82) is 0 Å². The van der Waals surface area contributed by atoms with E-state index in [4.69, 9.17) is 0 Å². The molecule has 0 amide bonds. The van der Waals surface area contributed by atoms with Crippen LogP contribution in [0.4, 0.5) is 5.69 Å². The third kappa shape index (κ3) is 5.13. The highest BCUT2D eigenvalue weighted by molar-refractivity contribution is 14.1. The Morgan fingerprint density at radius 1 is 1.12 bits per heavy atom. The van der Waals surface area contributed by atoms with Crippen LogP contribution >= 0.6 is 22.6 Å². The Bertz CT molecular complexity index is 449. The fourth-order valence-corrected chi connectivity index (χ4v) is 2.76. The molecule has 0 aliphatic heterocycles. The molecular formula is C10H15IN2O2S. The van der Waals surface area contributed by atoms with Gasteiger partial charge in [0, 0.05) is 14.8 Å². The van der Waals surface area contributed by atoms with E-state index in [1.54, 1.807) is 32.9 Å². The van der Waals surface area contributed by atoms with Crippen LogP contribution in [0.1, 0.15) is 20.8 Å². The van der Waals surface area contributed by atoms with E-state index in [-0.39, 0.29) is 0 Å². The Morgan fingerprint density at radius 2 is 1.62 bits per heavy atom. The standard InChI is InChI=1S/C10H15IN2O2S/c1-10(2,3)13-16(14,15)12-9-6-4-8(11)5-7-9/h4-7,12-13H,1-3H3. The van der Waals surface area contributed by atoms with Crippen LogP contribution in [0.2, 0.25) is 0 Å². The lowest BCUT2D eigenvalue weighted by Gasteiger charge is -2.20. The SMILES string of the molecule is CC(C)(C)NS(=O)(=O)Nc1ccc(I)cc1. The molecule has 16 heavy (non-hydrogen) atoms. The maximum Gasteiger partial charge on any atom is 0.299 e. The van der Waals surface area contributed by atoms with Crippen LogP contribution in [0.15, 0.2) is 24.3 Å². The summed E-state index contributed by atoms with van der Waals surface area (Å²) in [6.45, 7) is 5.38. The summed E-state index contributed by atoms with van der Waals surface area (Å²) < 4.78 is 29.4. The van der Waals surface area contributed by atoms with Crippen LogP contribution in [-0.4, -0.2) is 14.0 Å². The summed E-state index contributed by atoms with van der Waals surface area (Å²) in [5, 5.41) is 0. The Labute approximate surface area is 110 Å². The first kappa shape index (κ1) is 13.7. The van der Waals surface area contributed by atoms with Crippen molar-refractivity contribution >= 4 is 38.5 Å². The van der Waals surface area contributed by atoms with Crippen molar-refractivity contribution in [3.63, 3.8) is 0 Å². The highest BCUT2D eigenvalue weighted by atomic mass is 127. The molecule has 0 bridgehead atoms. The zero-order valence-electron chi connectivity index (χ0n) is 9.41. The normalized spacial score (nSPS) is 12.5. The number of halogens is 1. The molecule has 0 aliphatic rings. The molecule has 1 aromatic carbocycles. The number of hydrogen-bond donors (Lipinski definition) is 2. The van der Waals surface area contributed by atoms with E-state index < -0.39 is 15.7 Å². The molecule has 90 valence electrons. The number of benzene rings is 1. The summed E-state index contributed by atoms with van der Waals surface area (Å²) in [4.78, 5) is 0. The van der Waals surface area contributed by atoms with Gasteiger partial charge in [-0.15, -0.1) is 0 Å². The maximum absolute atomic E-state index is 11.7. The lowest BCUT2D eigenvalue weighted by Crippen LogP contribution is -2.43. The molecular weight excluding hydrogens is 339 g/mol. The van der Waals surface area contributed by atoms with Crippen molar-refractivity contribution in [1.82, 2.24) is 4.72 Å². The summed E-state index contributed by atoms with van der Waals surface area (Å²) in [5.41, 5.74) is 0.0619. The monoisotopic (exact) mass is 354 g/mol. The minimum Gasteiger partial charge on any atom is -0.271 e. The Kier molecular flexibility index (Phi) is 4.19. The summed E-state index contributed by atoms with van der Waals surface area (Å²) in [7, 11) is -3.51. The predicted molar refractivity (Wildman–Crippen MR) is 74.6 cm³/mol. The zero-order chi connectivity index (χ0) is 12.4. The van der Waals surface area contributed by atoms with Gasteiger partial charge in [-0.3, -0.25) is 4.72 Å². The van der Waals surface area contributed by atoms with Crippen LogP contribution in [-0.2, 0) is 10.2 Å². The van der Waals surface area contributed by atoms with Crippen molar-refractivity contribution in [3.8, 4) is 0 Å². The molecule has 1 aromatic rings. The van der Waals surface area contributed by atoms with E-state index in [1.165, 1.54) is 0 Å². The van der Waals surface area contributed by atoms with Crippen LogP contribution < -0.4 is 9.44 Å². The van der Waals surface area contributed by atoms with Crippen LogP contribution in [0.25, 0.3) is 0 Å². The van der Waals surface area contributed by atoms with Gasteiger partial charge in [0.15, 0.2) is 0 Å². The molecule has 0 aromatic heterocycles. The molecule has 0 atom stereocenters. The number of hydrogen-bond acceptors (Lipinski definition) is 2. The Hall–Kier alpha value is -0.340. The lowest BCUT2D eigenvalue weighted by molar-refractivity contribution is 0.494. The van der Waals surface area contributed by atoms with Gasteiger partial charge in [0.2, 0.25) is 0 Å². The molecule has 0 unspecified atom stereocenters. The molecule has 1 rings (SSSR count). The smallest absolute Gasteiger partial charge is 0.271 e. The minimum atomic E-state index is -3.51. The van der Waals surface area contributed by atoms with Crippen LogP contribution in [0.3, 0.4) is 0 Å². The topological polar surface area (TPSA) is 58.2 Å². The van der Waals surface area contributed by atoms with Gasteiger partial charge in [0.25, 0.3) is 10.2 Å². The summed E-state index contributed by atoms with van der Waals surface area (Å²) in [6.07, 6.45) is 0. The van der Waals surface area contributed by atoms with Gasteiger partial charge in [0.1, 0.15) is 0 Å². The minimum absolute atomic E-state index is 0.491. The molecule has 0 saturated heterocycles.